The van der Waals surface area contributed by atoms with Crippen molar-refractivity contribution in [2.24, 2.45) is 5.92 Å². The normalized spacial score (nSPS) is 17.4. The Morgan fingerprint density at radius 2 is 2.22 bits per heavy atom. The second-order valence-corrected chi connectivity index (χ2v) is 6.12. The van der Waals surface area contributed by atoms with E-state index in [2.05, 4.69) is 17.1 Å². The van der Waals surface area contributed by atoms with E-state index in [9.17, 15) is 15.2 Å². The van der Waals surface area contributed by atoms with Gasteiger partial charge in [-0.05, 0) is 44.0 Å². The van der Waals surface area contributed by atoms with E-state index in [4.69, 9.17) is 5.26 Å². The molecule has 0 aliphatic carbocycles. The Morgan fingerprint density at radius 3 is 2.83 bits per heavy atom. The summed E-state index contributed by atoms with van der Waals surface area (Å²) in [6.07, 6.45) is 1.68. The van der Waals surface area contributed by atoms with Crippen LogP contribution in [-0.2, 0) is 0 Å². The van der Waals surface area contributed by atoms with Crippen molar-refractivity contribution in [2.75, 3.05) is 31.5 Å². The predicted molar refractivity (Wildman–Crippen MR) is 87.1 cm³/mol. The minimum Gasteiger partial charge on any atom is -0.390 e. The van der Waals surface area contributed by atoms with Crippen LogP contribution in [0.3, 0.4) is 0 Å². The van der Waals surface area contributed by atoms with Crippen molar-refractivity contribution in [3.63, 3.8) is 0 Å². The Morgan fingerprint density at radius 1 is 1.52 bits per heavy atom. The Hall–Kier alpha value is -2.17. The van der Waals surface area contributed by atoms with Crippen molar-refractivity contribution in [2.45, 2.75) is 25.9 Å². The summed E-state index contributed by atoms with van der Waals surface area (Å²) in [6.45, 7) is 4.99. The molecule has 7 nitrogen and oxygen atoms in total. The fourth-order valence-electron chi connectivity index (χ4n) is 2.74. The molecule has 1 saturated heterocycles. The molecule has 1 aromatic carbocycles. The number of β-amino-alcohol motifs (C(OH)–C–C–N with tert-alkyl or cyclic N) is 1. The molecule has 0 saturated carbocycles. The van der Waals surface area contributed by atoms with Gasteiger partial charge >= 0.3 is 0 Å². The molecule has 2 N–H and O–H groups in total. The number of nitrogens with zero attached hydrogens (tertiary/aromatic N) is 3. The van der Waals surface area contributed by atoms with Crippen molar-refractivity contribution in [3.05, 3.63) is 33.9 Å². The number of nitrogens with one attached hydrogen (secondary N) is 1. The SMILES string of the molecule is CC1CCN(C[C@@H](O)CNc2ccc(C#N)cc2[N+](=O)[O-])CC1. The third-order valence-electron chi connectivity index (χ3n) is 4.20. The maximum absolute atomic E-state index is 11.1. The second-order valence-electron chi connectivity index (χ2n) is 6.12. The van der Waals surface area contributed by atoms with Gasteiger partial charge in [-0.1, -0.05) is 6.92 Å². The first-order chi connectivity index (χ1) is 11.0. The average molecular weight is 318 g/mol. The van der Waals surface area contributed by atoms with Crippen molar-refractivity contribution < 1.29 is 10.0 Å². The molecule has 23 heavy (non-hydrogen) atoms. The molecule has 1 atom stereocenters. The summed E-state index contributed by atoms with van der Waals surface area (Å²) in [5.74, 6) is 0.739. The average Bonchev–Trinajstić information content (AvgIpc) is 2.54. The summed E-state index contributed by atoms with van der Waals surface area (Å²) < 4.78 is 0. The van der Waals surface area contributed by atoms with Gasteiger partial charge in [-0.15, -0.1) is 0 Å². The van der Waals surface area contributed by atoms with Crippen molar-refractivity contribution >= 4 is 11.4 Å². The van der Waals surface area contributed by atoms with E-state index in [-0.39, 0.29) is 17.8 Å². The fraction of sp³-hybridized carbons (Fsp3) is 0.562. The summed E-state index contributed by atoms with van der Waals surface area (Å²) in [4.78, 5) is 12.8. The van der Waals surface area contributed by atoms with Crippen LogP contribution in [0.2, 0.25) is 0 Å². The lowest BCUT2D eigenvalue weighted by molar-refractivity contribution is -0.384. The molecule has 0 unspecified atom stereocenters. The predicted octanol–water partition coefficient (Wildman–Crippen LogP) is 1.97. The summed E-state index contributed by atoms with van der Waals surface area (Å²) in [5.41, 5.74) is 0.411. The van der Waals surface area contributed by atoms with E-state index in [1.807, 2.05) is 6.07 Å². The number of nitriles is 1. The first kappa shape index (κ1) is 17.2. The van der Waals surface area contributed by atoms with Crippen LogP contribution in [0.25, 0.3) is 0 Å². The van der Waals surface area contributed by atoms with E-state index in [0.29, 0.717) is 12.2 Å². The zero-order valence-corrected chi connectivity index (χ0v) is 13.2. The first-order valence-corrected chi connectivity index (χ1v) is 7.82. The number of aliphatic hydroxyl groups excluding tert-OH is 1. The standard InChI is InChI=1S/C16H22N4O3/c1-12-4-6-19(7-5-12)11-14(21)10-18-15-3-2-13(9-17)8-16(15)20(22)23/h2-3,8,12,14,18,21H,4-7,10-11H2,1H3/t14-/m0/s1. The number of rotatable bonds is 6. The minimum atomic E-state index is -0.598. The van der Waals surface area contributed by atoms with Crippen LogP contribution in [0.15, 0.2) is 18.2 Å². The molecule has 0 bridgehead atoms. The van der Waals surface area contributed by atoms with Gasteiger partial charge in [0.15, 0.2) is 0 Å². The van der Waals surface area contributed by atoms with Gasteiger partial charge in [-0.2, -0.15) is 5.26 Å². The summed E-state index contributed by atoms with van der Waals surface area (Å²) >= 11 is 0. The molecule has 1 fully saturated rings. The maximum atomic E-state index is 11.1. The number of nitro groups is 1. The van der Waals surface area contributed by atoms with Crippen LogP contribution < -0.4 is 5.32 Å². The number of hydrogen-bond acceptors (Lipinski definition) is 6. The van der Waals surface area contributed by atoms with Crippen LogP contribution in [0.4, 0.5) is 11.4 Å². The topological polar surface area (TPSA) is 102 Å². The van der Waals surface area contributed by atoms with Gasteiger partial charge < -0.3 is 15.3 Å². The third kappa shape index (κ3) is 4.91. The maximum Gasteiger partial charge on any atom is 0.293 e. The van der Waals surface area contributed by atoms with Gasteiger partial charge in [0.2, 0.25) is 0 Å². The number of nitro benzene ring substituents is 1. The van der Waals surface area contributed by atoms with Crippen molar-refractivity contribution in [1.82, 2.24) is 4.90 Å². The number of hydrogen-bond donors (Lipinski definition) is 2. The molecule has 7 heteroatoms. The third-order valence-corrected chi connectivity index (χ3v) is 4.20. The van der Waals surface area contributed by atoms with E-state index < -0.39 is 11.0 Å². The fourth-order valence-corrected chi connectivity index (χ4v) is 2.74. The lowest BCUT2D eigenvalue weighted by Crippen LogP contribution is -2.40. The Labute approximate surface area is 135 Å². The van der Waals surface area contributed by atoms with Gasteiger partial charge in [0.1, 0.15) is 5.69 Å². The van der Waals surface area contributed by atoms with Gasteiger partial charge in [-0.25, -0.2) is 0 Å². The summed E-state index contributed by atoms with van der Waals surface area (Å²) in [5, 5.41) is 32.9. The van der Waals surface area contributed by atoms with E-state index >= 15 is 0 Å². The highest BCUT2D eigenvalue weighted by Gasteiger charge is 2.19. The molecule has 1 heterocycles. The number of likely N-dealkylation sites (tertiary alicyclic amines) is 1. The monoisotopic (exact) mass is 318 g/mol. The van der Waals surface area contributed by atoms with Gasteiger partial charge in [0.05, 0.1) is 22.7 Å². The molecular formula is C16H22N4O3. The van der Waals surface area contributed by atoms with Gasteiger partial charge in [0.25, 0.3) is 5.69 Å². The zero-order valence-electron chi connectivity index (χ0n) is 13.2. The smallest absolute Gasteiger partial charge is 0.293 e. The number of aliphatic hydroxyl groups is 1. The van der Waals surface area contributed by atoms with Gasteiger partial charge in [0, 0.05) is 19.2 Å². The van der Waals surface area contributed by atoms with E-state index in [1.165, 1.54) is 18.2 Å². The minimum absolute atomic E-state index is 0.150. The molecule has 0 amide bonds. The van der Waals surface area contributed by atoms with Crippen LogP contribution in [0.5, 0.6) is 0 Å². The number of benzene rings is 1. The van der Waals surface area contributed by atoms with Gasteiger partial charge in [-0.3, -0.25) is 10.1 Å². The molecule has 0 spiro atoms. The van der Waals surface area contributed by atoms with Crippen LogP contribution in [-0.4, -0.2) is 47.2 Å². The van der Waals surface area contributed by atoms with Crippen molar-refractivity contribution in [3.8, 4) is 6.07 Å². The van der Waals surface area contributed by atoms with Crippen LogP contribution in [0, 0.1) is 27.4 Å². The highest BCUT2D eigenvalue weighted by atomic mass is 16.6. The Kier molecular flexibility index (Phi) is 5.90. The molecular weight excluding hydrogens is 296 g/mol. The molecule has 1 aromatic rings. The van der Waals surface area contributed by atoms with E-state index in [1.54, 1.807) is 0 Å². The van der Waals surface area contributed by atoms with Crippen molar-refractivity contribution in [1.29, 1.82) is 5.26 Å². The molecule has 0 radical (unpaired) electrons. The highest BCUT2D eigenvalue weighted by molar-refractivity contribution is 5.64. The molecule has 2 rings (SSSR count). The summed E-state index contributed by atoms with van der Waals surface area (Å²) in [6, 6.07) is 6.15. The van der Waals surface area contributed by atoms with E-state index in [0.717, 1.165) is 31.8 Å². The quantitative estimate of drug-likeness (QED) is 0.614. The molecule has 124 valence electrons. The lowest BCUT2D eigenvalue weighted by atomic mass is 9.99. The summed E-state index contributed by atoms with van der Waals surface area (Å²) in [7, 11) is 0. The molecule has 0 aromatic heterocycles. The Bertz CT molecular complexity index is 591. The zero-order chi connectivity index (χ0) is 16.8. The number of anilines is 1. The first-order valence-electron chi connectivity index (χ1n) is 7.82. The number of piperidine rings is 1. The lowest BCUT2D eigenvalue weighted by Gasteiger charge is -2.31. The highest BCUT2D eigenvalue weighted by Crippen LogP contribution is 2.25. The van der Waals surface area contributed by atoms with Crippen LogP contribution >= 0.6 is 0 Å². The molecule has 1 aliphatic heterocycles. The second kappa shape index (κ2) is 7.90. The largest absolute Gasteiger partial charge is 0.390 e. The van der Waals surface area contributed by atoms with Crippen LogP contribution in [0.1, 0.15) is 25.3 Å². The Balaban J connectivity index is 1.90. The molecule has 1 aliphatic rings.